The van der Waals surface area contributed by atoms with E-state index in [-0.39, 0.29) is 40.6 Å². The fourth-order valence-corrected chi connectivity index (χ4v) is 6.21. The molecule has 10 heteroatoms. The van der Waals surface area contributed by atoms with Crippen molar-refractivity contribution in [1.29, 1.82) is 0 Å². The highest BCUT2D eigenvalue weighted by atomic mass is 19.1. The monoisotopic (exact) mass is 540 g/mol. The van der Waals surface area contributed by atoms with E-state index in [4.69, 9.17) is 4.74 Å². The van der Waals surface area contributed by atoms with Crippen molar-refractivity contribution in [3.05, 3.63) is 35.9 Å². The summed E-state index contributed by atoms with van der Waals surface area (Å²) in [5.74, 6) is 0.638. The number of hydrogen-bond acceptors (Lipinski definition) is 8. The van der Waals surface area contributed by atoms with Crippen LogP contribution in [0.5, 0.6) is 11.6 Å². The van der Waals surface area contributed by atoms with Crippen molar-refractivity contribution in [2.45, 2.75) is 78.9 Å². The molecule has 2 aromatic rings. The molecular weight excluding hydrogens is 499 g/mol. The molecule has 2 fully saturated rings. The maximum Gasteiger partial charge on any atom is 0.282 e. The highest BCUT2D eigenvalue weighted by molar-refractivity contribution is 5.97. The molecule has 0 saturated carbocycles. The average Bonchev–Trinajstić information content (AvgIpc) is 3.30. The van der Waals surface area contributed by atoms with Gasteiger partial charge in [0.15, 0.2) is 5.82 Å². The van der Waals surface area contributed by atoms with E-state index in [1.807, 2.05) is 27.7 Å². The second-order valence-corrected chi connectivity index (χ2v) is 11.9. The van der Waals surface area contributed by atoms with Crippen LogP contribution in [0, 0.1) is 17.2 Å². The van der Waals surface area contributed by atoms with E-state index < -0.39 is 5.82 Å². The standard InChI is InChI=1S/C29H41FN6O3/c1-19(2)24(8-7-13-37)35-16-29(17-35)11-12-34(15-29)26-27(33-32-18-31-26)39-25-10-9-22(30)14-23(25)28(38)36(20(3)4)21(5)6/h9-10,13-14,18-21,24H,7-8,11-12,15-17H2,1-6H3/t24-/m1/s1. The van der Waals surface area contributed by atoms with Gasteiger partial charge in [-0.05, 0) is 64.7 Å². The maximum absolute atomic E-state index is 14.3. The van der Waals surface area contributed by atoms with Crippen LogP contribution in [0.3, 0.4) is 0 Å². The molecule has 0 unspecified atom stereocenters. The second-order valence-electron chi connectivity index (χ2n) is 11.9. The molecule has 1 atom stereocenters. The maximum atomic E-state index is 14.3. The van der Waals surface area contributed by atoms with Crippen LogP contribution in [0.4, 0.5) is 10.2 Å². The van der Waals surface area contributed by atoms with Crippen LogP contribution in [0.25, 0.3) is 0 Å². The Morgan fingerprint density at radius 1 is 1.15 bits per heavy atom. The predicted molar refractivity (Wildman–Crippen MR) is 148 cm³/mol. The summed E-state index contributed by atoms with van der Waals surface area (Å²) in [7, 11) is 0. The summed E-state index contributed by atoms with van der Waals surface area (Å²) in [6.45, 7) is 15.7. The Morgan fingerprint density at radius 3 is 2.51 bits per heavy atom. The fraction of sp³-hybridized carbons (Fsp3) is 0.621. The molecule has 0 bridgehead atoms. The molecule has 4 rings (SSSR count). The molecule has 2 aliphatic heterocycles. The number of halogens is 1. The molecule has 0 N–H and O–H groups in total. The van der Waals surface area contributed by atoms with Crippen LogP contribution in [0.2, 0.25) is 0 Å². The minimum atomic E-state index is -0.514. The molecule has 1 spiro atoms. The molecular formula is C29H41FN6O3. The van der Waals surface area contributed by atoms with Crippen molar-refractivity contribution in [2.24, 2.45) is 11.3 Å². The first-order valence-corrected chi connectivity index (χ1v) is 14.0. The summed E-state index contributed by atoms with van der Waals surface area (Å²) >= 11 is 0. The van der Waals surface area contributed by atoms with Crippen molar-refractivity contribution in [3.63, 3.8) is 0 Å². The van der Waals surface area contributed by atoms with Gasteiger partial charge in [-0.25, -0.2) is 9.37 Å². The van der Waals surface area contributed by atoms with Gasteiger partial charge < -0.3 is 19.3 Å². The van der Waals surface area contributed by atoms with Gasteiger partial charge in [-0.15, -0.1) is 10.2 Å². The number of hydrogen-bond donors (Lipinski definition) is 0. The van der Waals surface area contributed by atoms with Gasteiger partial charge in [0.2, 0.25) is 0 Å². The van der Waals surface area contributed by atoms with Gasteiger partial charge in [0.1, 0.15) is 24.2 Å². The molecule has 39 heavy (non-hydrogen) atoms. The molecule has 2 saturated heterocycles. The minimum absolute atomic E-state index is 0.0704. The number of aldehydes is 1. The van der Waals surface area contributed by atoms with Crippen molar-refractivity contribution in [2.75, 3.05) is 31.1 Å². The average molecular weight is 541 g/mol. The van der Waals surface area contributed by atoms with Crippen LogP contribution in [-0.2, 0) is 4.79 Å². The molecule has 1 amide bonds. The summed E-state index contributed by atoms with van der Waals surface area (Å²) in [6, 6.07) is 4.20. The number of carbonyl (C=O) groups is 2. The van der Waals surface area contributed by atoms with Gasteiger partial charge in [0, 0.05) is 56.1 Å². The van der Waals surface area contributed by atoms with Crippen LogP contribution in [0.1, 0.15) is 71.2 Å². The molecule has 1 aromatic carbocycles. The largest absolute Gasteiger partial charge is 0.434 e. The van der Waals surface area contributed by atoms with Crippen LogP contribution < -0.4 is 9.64 Å². The minimum Gasteiger partial charge on any atom is -0.434 e. The predicted octanol–water partition coefficient (Wildman–Crippen LogP) is 4.58. The van der Waals surface area contributed by atoms with Crippen LogP contribution in [-0.4, -0.2) is 81.5 Å². The third kappa shape index (κ3) is 6.21. The van der Waals surface area contributed by atoms with Crippen molar-refractivity contribution < 1.29 is 18.7 Å². The van der Waals surface area contributed by atoms with Crippen molar-refractivity contribution >= 4 is 18.0 Å². The Hall–Kier alpha value is -3.14. The number of likely N-dealkylation sites (tertiary alicyclic amines) is 1. The summed E-state index contributed by atoms with van der Waals surface area (Å²) in [5, 5.41) is 8.14. The van der Waals surface area contributed by atoms with Gasteiger partial charge in [0.25, 0.3) is 11.8 Å². The third-order valence-corrected chi connectivity index (χ3v) is 7.93. The first kappa shape index (κ1) is 28.9. The number of rotatable bonds is 11. The highest BCUT2D eigenvalue weighted by Gasteiger charge is 2.50. The molecule has 3 heterocycles. The van der Waals surface area contributed by atoms with Gasteiger partial charge >= 0.3 is 0 Å². The summed E-state index contributed by atoms with van der Waals surface area (Å²) < 4.78 is 20.4. The topological polar surface area (TPSA) is 91.8 Å². The van der Waals surface area contributed by atoms with E-state index >= 15 is 0 Å². The molecule has 2 aliphatic rings. The van der Waals surface area contributed by atoms with E-state index in [0.29, 0.717) is 24.2 Å². The number of benzene rings is 1. The fourth-order valence-electron chi connectivity index (χ4n) is 6.21. The van der Waals surface area contributed by atoms with Crippen molar-refractivity contribution in [3.8, 4) is 11.6 Å². The number of carbonyl (C=O) groups excluding carboxylic acids is 2. The van der Waals surface area contributed by atoms with Gasteiger partial charge in [-0.1, -0.05) is 13.8 Å². The zero-order valence-corrected chi connectivity index (χ0v) is 23.9. The summed E-state index contributed by atoms with van der Waals surface area (Å²) in [4.78, 5) is 35.3. The Bertz CT molecular complexity index is 1160. The Kier molecular flexibility index (Phi) is 8.83. The normalized spacial score (nSPS) is 17.6. The summed E-state index contributed by atoms with van der Waals surface area (Å²) in [6.07, 6.45) is 4.90. The Morgan fingerprint density at radius 2 is 1.87 bits per heavy atom. The van der Waals surface area contributed by atoms with E-state index in [1.165, 1.54) is 24.5 Å². The third-order valence-electron chi connectivity index (χ3n) is 7.93. The molecule has 212 valence electrons. The quantitative estimate of drug-likeness (QED) is 0.383. The molecule has 1 aromatic heterocycles. The Labute approximate surface area is 230 Å². The Balaban J connectivity index is 1.52. The zero-order chi connectivity index (χ0) is 28.3. The number of aromatic nitrogens is 3. The first-order valence-electron chi connectivity index (χ1n) is 14.0. The van der Waals surface area contributed by atoms with Crippen molar-refractivity contribution in [1.82, 2.24) is 25.0 Å². The van der Waals surface area contributed by atoms with E-state index in [2.05, 4.69) is 38.8 Å². The summed E-state index contributed by atoms with van der Waals surface area (Å²) in [5.41, 5.74) is 0.291. The van der Waals surface area contributed by atoms with E-state index in [0.717, 1.165) is 45.3 Å². The lowest BCUT2D eigenvalue weighted by Crippen LogP contribution is -2.61. The van der Waals surface area contributed by atoms with Crippen LogP contribution >= 0.6 is 0 Å². The number of ether oxygens (including phenoxy) is 1. The van der Waals surface area contributed by atoms with E-state index in [9.17, 15) is 14.0 Å². The number of amides is 1. The van der Waals surface area contributed by atoms with Gasteiger partial charge in [-0.2, -0.15) is 0 Å². The lowest BCUT2D eigenvalue weighted by Gasteiger charge is -2.52. The number of anilines is 1. The molecule has 9 nitrogen and oxygen atoms in total. The smallest absolute Gasteiger partial charge is 0.282 e. The lowest BCUT2D eigenvalue weighted by molar-refractivity contribution is -0.108. The number of nitrogens with zero attached hydrogens (tertiary/aromatic N) is 6. The highest BCUT2D eigenvalue weighted by Crippen LogP contribution is 2.44. The first-order chi connectivity index (χ1) is 18.5. The molecule has 0 aliphatic carbocycles. The molecule has 0 radical (unpaired) electrons. The second kappa shape index (κ2) is 11.9. The zero-order valence-electron chi connectivity index (χ0n) is 23.9. The SMILES string of the molecule is CC(C)[C@@H](CCC=O)N1CC2(CCN(c3ncnnc3Oc3ccc(F)cc3C(=O)N(C(C)C)C(C)C)C2)C1. The van der Waals surface area contributed by atoms with Gasteiger partial charge in [-0.3, -0.25) is 9.69 Å². The van der Waals surface area contributed by atoms with E-state index in [1.54, 1.807) is 4.90 Å². The lowest BCUT2D eigenvalue weighted by atomic mass is 9.76. The van der Waals surface area contributed by atoms with Gasteiger partial charge in [0.05, 0.1) is 5.56 Å². The van der Waals surface area contributed by atoms with Crippen LogP contribution in [0.15, 0.2) is 24.5 Å².